The maximum absolute atomic E-state index is 13.1. The number of para-hydroxylation sites is 1. The van der Waals surface area contributed by atoms with Crippen LogP contribution >= 0.6 is 23.2 Å². The van der Waals surface area contributed by atoms with Crippen molar-refractivity contribution < 1.29 is 14.3 Å². The third-order valence-corrected chi connectivity index (χ3v) is 5.84. The van der Waals surface area contributed by atoms with Crippen LogP contribution in [0.25, 0.3) is 11.0 Å². The molecular weight excluding hydrogens is 463 g/mol. The Morgan fingerprint density at radius 1 is 1.00 bits per heavy atom. The van der Waals surface area contributed by atoms with Gasteiger partial charge in [-0.05, 0) is 36.6 Å². The Morgan fingerprint density at radius 3 is 2.45 bits per heavy atom. The van der Waals surface area contributed by atoms with Crippen molar-refractivity contribution in [2.75, 3.05) is 19.5 Å². The molecule has 0 radical (unpaired) electrons. The summed E-state index contributed by atoms with van der Waals surface area (Å²) in [5.74, 6) is 1.84. The number of carbonyl (C=O) groups is 1. The Morgan fingerprint density at radius 2 is 1.73 bits per heavy atom. The van der Waals surface area contributed by atoms with Gasteiger partial charge in [0.1, 0.15) is 22.8 Å². The number of halogens is 2. The first-order valence-corrected chi connectivity index (χ1v) is 11.0. The minimum atomic E-state index is -0.373. The van der Waals surface area contributed by atoms with Gasteiger partial charge in [0.2, 0.25) is 0 Å². The fraction of sp³-hybridized carbons (Fsp3) is 0.208. The fourth-order valence-electron chi connectivity index (χ4n) is 3.66. The zero-order chi connectivity index (χ0) is 23.4. The van der Waals surface area contributed by atoms with Crippen LogP contribution in [0.2, 0.25) is 10.0 Å². The van der Waals surface area contributed by atoms with Gasteiger partial charge < -0.3 is 19.8 Å². The van der Waals surface area contributed by atoms with Crippen LogP contribution in [-0.2, 0) is 12.8 Å². The molecule has 0 aliphatic rings. The molecule has 0 aliphatic carbocycles. The SMILES string of the molecule is COc1ccccc1CCCc1nc2c(OC)ccc(C(=O)Nc3c(Cl)cncc3Cl)c2[nH]1. The molecule has 4 aromatic rings. The first-order valence-electron chi connectivity index (χ1n) is 10.3. The van der Waals surface area contributed by atoms with Crippen molar-refractivity contribution in [2.24, 2.45) is 0 Å². The molecule has 7 nitrogen and oxygen atoms in total. The maximum Gasteiger partial charge on any atom is 0.257 e. The molecule has 4 rings (SSSR count). The predicted octanol–water partition coefficient (Wildman–Crippen LogP) is 5.71. The molecular formula is C24H22Cl2N4O3. The molecule has 2 N–H and O–H groups in total. The van der Waals surface area contributed by atoms with Crippen LogP contribution in [0.3, 0.4) is 0 Å². The van der Waals surface area contributed by atoms with Gasteiger partial charge in [-0.3, -0.25) is 9.78 Å². The van der Waals surface area contributed by atoms with Gasteiger partial charge >= 0.3 is 0 Å². The monoisotopic (exact) mass is 484 g/mol. The van der Waals surface area contributed by atoms with E-state index in [1.807, 2.05) is 18.2 Å². The van der Waals surface area contributed by atoms with E-state index in [-0.39, 0.29) is 16.0 Å². The number of aryl methyl sites for hydroxylation is 2. The van der Waals surface area contributed by atoms with Gasteiger partial charge in [0, 0.05) is 18.8 Å². The highest BCUT2D eigenvalue weighted by atomic mass is 35.5. The number of carbonyl (C=O) groups excluding carboxylic acids is 1. The third kappa shape index (κ3) is 4.89. The normalized spacial score (nSPS) is 10.9. The highest BCUT2D eigenvalue weighted by molar-refractivity contribution is 6.39. The molecule has 33 heavy (non-hydrogen) atoms. The molecule has 0 aliphatic heterocycles. The summed E-state index contributed by atoms with van der Waals surface area (Å²) >= 11 is 12.3. The van der Waals surface area contributed by atoms with E-state index < -0.39 is 0 Å². The van der Waals surface area contributed by atoms with E-state index >= 15 is 0 Å². The molecule has 2 heterocycles. The number of amides is 1. The molecule has 170 valence electrons. The van der Waals surface area contributed by atoms with E-state index in [1.54, 1.807) is 26.4 Å². The lowest BCUT2D eigenvalue weighted by molar-refractivity contribution is 0.102. The highest BCUT2D eigenvalue weighted by Gasteiger charge is 2.19. The number of H-pyrrole nitrogens is 1. The summed E-state index contributed by atoms with van der Waals surface area (Å²) in [4.78, 5) is 24.9. The number of benzene rings is 2. The second kappa shape index (κ2) is 10.1. The Bertz CT molecular complexity index is 1290. The van der Waals surface area contributed by atoms with Crippen LogP contribution in [0, 0.1) is 0 Å². The number of nitrogens with one attached hydrogen (secondary N) is 2. The molecule has 0 saturated carbocycles. The second-order valence-corrected chi connectivity index (χ2v) is 8.13. The molecule has 0 saturated heterocycles. The number of hydrogen-bond acceptors (Lipinski definition) is 5. The number of pyridine rings is 1. The first-order chi connectivity index (χ1) is 16.0. The van der Waals surface area contributed by atoms with Gasteiger partial charge in [0.05, 0.1) is 41.0 Å². The van der Waals surface area contributed by atoms with Crippen molar-refractivity contribution in [2.45, 2.75) is 19.3 Å². The summed E-state index contributed by atoms with van der Waals surface area (Å²) in [5.41, 5.74) is 3.02. The molecule has 0 unspecified atom stereocenters. The Hall–Kier alpha value is -3.29. The summed E-state index contributed by atoms with van der Waals surface area (Å²) in [6.45, 7) is 0. The summed E-state index contributed by atoms with van der Waals surface area (Å²) < 4.78 is 10.9. The number of aromatic amines is 1. The molecule has 0 fully saturated rings. The fourth-order valence-corrected chi connectivity index (χ4v) is 4.12. The second-order valence-electron chi connectivity index (χ2n) is 7.32. The van der Waals surface area contributed by atoms with Crippen LogP contribution in [0.15, 0.2) is 48.8 Å². The largest absolute Gasteiger partial charge is 0.496 e. The van der Waals surface area contributed by atoms with Crippen LogP contribution < -0.4 is 14.8 Å². The number of ether oxygens (including phenoxy) is 2. The molecule has 1 amide bonds. The van der Waals surface area contributed by atoms with E-state index in [4.69, 9.17) is 32.7 Å². The van der Waals surface area contributed by atoms with E-state index in [2.05, 4.69) is 26.3 Å². The quantitative estimate of drug-likeness (QED) is 0.334. The standard InChI is InChI=1S/C24H22Cl2N4O3/c1-32-18-8-4-3-6-14(18)7-5-9-20-28-21-15(10-11-19(33-2)23(21)29-20)24(31)30-22-16(25)12-27-13-17(22)26/h3-4,6,8,10-13H,5,7,9H2,1-2H3,(H,28,29)(H,27,30,31). The van der Waals surface area contributed by atoms with Crippen molar-refractivity contribution in [3.8, 4) is 11.5 Å². The van der Waals surface area contributed by atoms with Gasteiger partial charge in [-0.15, -0.1) is 0 Å². The number of nitrogens with zero attached hydrogens (tertiary/aromatic N) is 2. The lowest BCUT2D eigenvalue weighted by Crippen LogP contribution is -2.13. The lowest BCUT2D eigenvalue weighted by Gasteiger charge is -2.10. The van der Waals surface area contributed by atoms with Gasteiger partial charge in [-0.1, -0.05) is 41.4 Å². The average Bonchev–Trinajstić information content (AvgIpc) is 3.25. The summed E-state index contributed by atoms with van der Waals surface area (Å²) in [5, 5.41) is 3.27. The zero-order valence-corrected chi connectivity index (χ0v) is 19.6. The van der Waals surface area contributed by atoms with E-state index in [1.165, 1.54) is 12.4 Å². The molecule has 0 bridgehead atoms. The maximum atomic E-state index is 13.1. The van der Waals surface area contributed by atoms with Crippen molar-refractivity contribution in [3.05, 3.63) is 75.8 Å². The van der Waals surface area contributed by atoms with Crippen LogP contribution in [-0.4, -0.2) is 35.1 Å². The van der Waals surface area contributed by atoms with Crippen LogP contribution in [0.1, 0.15) is 28.2 Å². The average molecular weight is 485 g/mol. The first kappa shape index (κ1) is 22.9. The van der Waals surface area contributed by atoms with Gasteiger partial charge in [-0.25, -0.2) is 4.98 Å². The smallest absolute Gasteiger partial charge is 0.257 e. The predicted molar refractivity (Wildman–Crippen MR) is 130 cm³/mol. The number of hydrogen-bond donors (Lipinski definition) is 2. The topological polar surface area (TPSA) is 89.1 Å². The molecule has 0 atom stereocenters. The van der Waals surface area contributed by atoms with Crippen molar-refractivity contribution in [1.82, 2.24) is 15.0 Å². The summed E-state index contributed by atoms with van der Waals surface area (Å²) in [7, 11) is 3.24. The number of methoxy groups -OCH3 is 2. The van der Waals surface area contributed by atoms with E-state index in [0.29, 0.717) is 34.5 Å². The summed E-state index contributed by atoms with van der Waals surface area (Å²) in [6, 6.07) is 11.3. The zero-order valence-electron chi connectivity index (χ0n) is 18.1. The molecule has 0 spiro atoms. The van der Waals surface area contributed by atoms with E-state index in [9.17, 15) is 4.79 Å². The molecule has 2 aromatic heterocycles. The van der Waals surface area contributed by atoms with Crippen LogP contribution in [0.4, 0.5) is 5.69 Å². The number of fused-ring (bicyclic) bond motifs is 1. The Balaban J connectivity index is 1.58. The third-order valence-electron chi connectivity index (χ3n) is 5.27. The van der Waals surface area contributed by atoms with Crippen molar-refractivity contribution >= 4 is 45.8 Å². The Kier molecular flexibility index (Phi) is 7.01. The number of anilines is 1. The number of aromatic nitrogens is 3. The highest BCUT2D eigenvalue weighted by Crippen LogP contribution is 2.31. The lowest BCUT2D eigenvalue weighted by atomic mass is 10.1. The molecule has 2 aromatic carbocycles. The minimum absolute atomic E-state index is 0.252. The summed E-state index contributed by atoms with van der Waals surface area (Å²) in [6.07, 6.45) is 5.22. The van der Waals surface area contributed by atoms with Crippen LogP contribution in [0.5, 0.6) is 11.5 Å². The van der Waals surface area contributed by atoms with Crippen molar-refractivity contribution in [3.63, 3.8) is 0 Å². The number of rotatable bonds is 8. The van der Waals surface area contributed by atoms with Gasteiger partial charge in [0.15, 0.2) is 0 Å². The van der Waals surface area contributed by atoms with E-state index in [0.717, 1.165) is 30.0 Å². The Labute approximate surface area is 201 Å². The van der Waals surface area contributed by atoms with Crippen molar-refractivity contribution in [1.29, 1.82) is 0 Å². The minimum Gasteiger partial charge on any atom is -0.496 e. The molecule has 9 heteroatoms. The number of imidazole rings is 1. The van der Waals surface area contributed by atoms with Gasteiger partial charge in [0.25, 0.3) is 5.91 Å². The van der Waals surface area contributed by atoms with Gasteiger partial charge in [-0.2, -0.15) is 0 Å².